The highest BCUT2D eigenvalue weighted by Gasteiger charge is 2.19. The van der Waals surface area contributed by atoms with Crippen molar-refractivity contribution in [3.63, 3.8) is 0 Å². The van der Waals surface area contributed by atoms with Crippen molar-refractivity contribution in [2.24, 2.45) is 11.7 Å². The number of hydrogen-bond acceptors (Lipinski definition) is 5. The molecular formula is C13H20N4O2. The van der Waals surface area contributed by atoms with E-state index in [-0.39, 0.29) is 6.42 Å². The summed E-state index contributed by atoms with van der Waals surface area (Å²) in [5.74, 6) is 0.450. The molecule has 6 nitrogen and oxygen atoms in total. The second-order valence-electron chi connectivity index (χ2n) is 5.21. The minimum Gasteiger partial charge on any atom is -0.481 e. The number of carboxylic acids is 1. The van der Waals surface area contributed by atoms with Gasteiger partial charge in [-0.3, -0.25) is 4.79 Å². The van der Waals surface area contributed by atoms with Gasteiger partial charge in [0.1, 0.15) is 0 Å². The first-order valence-electron chi connectivity index (χ1n) is 6.60. The quantitative estimate of drug-likeness (QED) is 0.848. The molecule has 6 heteroatoms. The maximum absolute atomic E-state index is 10.6. The maximum Gasteiger partial charge on any atom is 0.305 e. The van der Waals surface area contributed by atoms with E-state index in [1.54, 1.807) is 12.4 Å². The first-order chi connectivity index (χ1) is 9.06. The summed E-state index contributed by atoms with van der Waals surface area (Å²) in [4.78, 5) is 21.4. The number of anilines is 1. The molecule has 1 fully saturated rings. The van der Waals surface area contributed by atoms with Gasteiger partial charge in [-0.1, -0.05) is 6.92 Å². The van der Waals surface area contributed by atoms with Crippen molar-refractivity contribution in [2.45, 2.75) is 32.2 Å². The van der Waals surface area contributed by atoms with E-state index < -0.39 is 12.0 Å². The van der Waals surface area contributed by atoms with Gasteiger partial charge in [-0.05, 0) is 18.8 Å². The molecule has 0 radical (unpaired) electrons. The summed E-state index contributed by atoms with van der Waals surface area (Å²) in [6, 6.07) is -0.549. The van der Waals surface area contributed by atoms with E-state index in [0.29, 0.717) is 17.4 Å². The molecule has 3 N–H and O–H groups in total. The van der Waals surface area contributed by atoms with Gasteiger partial charge < -0.3 is 15.7 Å². The minimum absolute atomic E-state index is 0.108. The molecule has 0 aromatic carbocycles. The number of rotatable bonds is 4. The lowest BCUT2D eigenvalue weighted by Gasteiger charge is -2.30. The average Bonchev–Trinajstić information content (AvgIpc) is 2.38. The zero-order valence-electron chi connectivity index (χ0n) is 11.1. The van der Waals surface area contributed by atoms with Gasteiger partial charge in [0, 0.05) is 37.1 Å². The molecule has 1 aliphatic rings. The Hall–Kier alpha value is -1.69. The number of aromatic nitrogens is 2. The topological polar surface area (TPSA) is 92.3 Å². The third kappa shape index (κ3) is 3.64. The molecule has 0 amide bonds. The van der Waals surface area contributed by atoms with Crippen LogP contribution in [0.5, 0.6) is 0 Å². The molecule has 2 rings (SSSR count). The van der Waals surface area contributed by atoms with Crippen LogP contribution < -0.4 is 10.6 Å². The van der Waals surface area contributed by atoms with Gasteiger partial charge in [-0.25, -0.2) is 9.97 Å². The van der Waals surface area contributed by atoms with E-state index in [0.717, 1.165) is 19.5 Å². The van der Waals surface area contributed by atoms with Crippen LogP contribution in [-0.4, -0.2) is 34.1 Å². The van der Waals surface area contributed by atoms with E-state index in [4.69, 9.17) is 10.8 Å². The summed E-state index contributed by atoms with van der Waals surface area (Å²) in [5, 5.41) is 8.70. The molecule has 104 valence electrons. The van der Waals surface area contributed by atoms with Gasteiger partial charge in [0.2, 0.25) is 5.95 Å². The van der Waals surface area contributed by atoms with Crippen molar-refractivity contribution >= 4 is 11.9 Å². The van der Waals surface area contributed by atoms with Crippen LogP contribution in [0.25, 0.3) is 0 Å². The molecule has 19 heavy (non-hydrogen) atoms. The van der Waals surface area contributed by atoms with Gasteiger partial charge in [0.05, 0.1) is 6.42 Å². The molecular weight excluding hydrogens is 244 g/mol. The van der Waals surface area contributed by atoms with E-state index >= 15 is 0 Å². The molecule has 0 aliphatic carbocycles. The van der Waals surface area contributed by atoms with Crippen molar-refractivity contribution in [2.75, 3.05) is 18.0 Å². The maximum atomic E-state index is 10.6. The Morgan fingerprint density at radius 3 is 2.84 bits per heavy atom. The fourth-order valence-electron chi connectivity index (χ4n) is 2.36. The summed E-state index contributed by atoms with van der Waals surface area (Å²) >= 11 is 0. The van der Waals surface area contributed by atoms with Gasteiger partial charge in [-0.2, -0.15) is 0 Å². The molecule has 1 aromatic heterocycles. The molecule has 1 aliphatic heterocycles. The van der Waals surface area contributed by atoms with Gasteiger partial charge >= 0.3 is 5.97 Å². The molecule has 2 atom stereocenters. The highest BCUT2D eigenvalue weighted by atomic mass is 16.4. The number of piperidine rings is 1. The number of carbonyl (C=O) groups is 1. The predicted octanol–water partition coefficient (Wildman–Crippen LogP) is 1.19. The summed E-state index contributed by atoms with van der Waals surface area (Å²) in [5.41, 5.74) is 6.44. The van der Waals surface area contributed by atoms with Crippen LogP contribution in [0.3, 0.4) is 0 Å². The van der Waals surface area contributed by atoms with Crippen LogP contribution in [-0.2, 0) is 4.79 Å². The Balaban J connectivity index is 2.03. The molecule has 0 spiro atoms. The summed E-state index contributed by atoms with van der Waals surface area (Å²) < 4.78 is 0. The molecule has 0 bridgehead atoms. The third-order valence-corrected chi connectivity index (χ3v) is 3.42. The van der Waals surface area contributed by atoms with Crippen molar-refractivity contribution in [1.29, 1.82) is 0 Å². The zero-order valence-corrected chi connectivity index (χ0v) is 11.1. The van der Waals surface area contributed by atoms with Crippen LogP contribution in [0, 0.1) is 5.92 Å². The first-order valence-corrected chi connectivity index (χ1v) is 6.60. The van der Waals surface area contributed by atoms with E-state index in [2.05, 4.69) is 21.8 Å². The standard InChI is InChI=1S/C13H20N4O2/c1-9-3-2-4-17(8-9)13-15-6-10(7-16-13)11(14)5-12(18)19/h6-7,9,11H,2-5,8,14H2,1H3,(H,18,19)/t9-,11-/m1/s1. The van der Waals surface area contributed by atoms with Crippen LogP contribution >= 0.6 is 0 Å². The lowest BCUT2D eigenvalue weighted by molar-refractivity contribution is -0.137. The number of nitrogens with two attached hydrogens (primary N) is 1. The normalized spacial score (nSPS) is 21.2. The van der Waals surface area contributed by atoms with E-state index in [1.807, 2.05) is 0 Å². The Bertz CT molecular complexity index is 435. The number of nitrogens with zero attached hydrogens (tertiary/aromatic N) is 3. The summed E-state index contributed by atoms with van der Waals surface area (Å²) in [6.07, 6.45) is 5.57. The highest BCUT2D eigenvalue weighted by Crippen LogP contribution is 2.20. The number of aliphatic carboxylic acids is 1. The van der Waals surface area contributed by atoms with E-state index in [9.17, 15) is 4.79 Å². The molecule has 2 heterocycles. The summed E-state index contributed by atoms with van der Waals surface area (Å²) in [7, 11) is 0. The van der Waals surface area contributed by atoms with Crippen molar-refractivity contribution in [3.05, 3.63) is 18.0 Å². The predicted molar refractivity (Wildman–Crippen MR) is 71.8 cm³/mol. The van der Waals surface area contributed by atoms with Crippen molar-refractivity contribution in [3.8, 4) is 0 Å². The Labute approximate surface area is 112 Å². The number of carboxylic acid groups (broad SMARTS) is 1. The van der Waals surface area contributed by atoms with E-state index in [1.165, 1.54) is 6.42 Å². The van der Waals surface area contributed by atoms with Crippen LogP contribution in [0.4, 0.5) is 5.95 Å². The molecule has 1 aromatic rings. The molecule has 0 unspecified atom stereocenters. The van der Waals surface area contributed by atoms with Crippen LogP contribution in [0.2, 0.25) is 0 Å². The Morgan fingerprint density at radius 2 is 2.26 bits per heavy atom. The van der Waals surface area contributed by atoms with Gasteiger partial charge in [-0.15, -0.1) is 0 Å². The monoisotopic (exact) mass is 264 g/mol. The number of hydrogen-bond donors (Lipinski definition) is 2. The lowest BCUT2D eigenvalue weighted by atomic mass is 10.0. The Morgan fingerprint density at radius 1 is 1.58 bits per heavy atom. The third-order valence-electron chi connectivity index (χ3n) is 3.42. The molecule has 0 saturated carbocycles. The van der Waals surface area contributed by atoms with Crippen molar-refractivity contribution in [1.82, 2.24) is 9.97 Å². The zero-order chi connectivity index (χ0) is 13.8. The second kappa shape index (κ2) is 5.97. The minimum atomic E-state index is -0.915. The van der Waals surface area contributed by atoms with Crippen molar-refractivity contribution < 1.29 is 9.90 Å². The SMILES string of the molecule is C[C@@H]1CCCN(c2ncc([C@H](N)CC(=O)O)cn2)C1. The summed E-state index contributed by atoms with van der Waals surface area (Å²) in [6.45, 7) is 4.18. The van der Waals surface area contributed by atoms with Crippen LogP contribution in [0.1, 0.15) is 37.8 Å². The second-order valence-corrected chi connectivity index (χ2v) is 5.21. The Kier molecular flexibility index (Phi) is 4.31. The average molecular weight is 264 g/mol. The fourth-order valence-corrected chi connectivity index (χ4v) is 2.36. The van der Waals surface area contributed by atoms with Gasteiger partial charge in [0.25, 0.3) is 0 Å². The fraction of sp³-hybridized carbons (Fsp3) is 0.615. The van der Waals surface area contributed by atoms with Crippen LogP contribution in [0.15, 0.2) is 12.4 Å². The molecule has 1 saturated heterocycles. The lowest BCUT2D eigenvalue weighted by Crippen LogP contribution is -2.35. The van der Waals surface area contributed by atoms with Gasteiger partial charge in [0.15, 0.2) is 0 Å². The highest BCUT2D eigenvalue weighted by molar-refractivity contribution is 5.67. The first kappa shape index (κ1) is 13.7. The smallest absolute Gasteiger partial charge is 0.305 e. The largest absolute Gasteiger partial charge is 0.481 e.